The van der Waals surface area contributed by atoms with E-state index in [9.17, 15) is 9.59 Å². The van der Waals surface area contributed by atoms with Crippen LogP contribution in [0.25, 0.3) is 22.4 Å². The molecule has 0 fully saturated rings. The number of ketones is 1. The van der Waals surface area contributed by atoms with E-state index in [1.807, 2.05) is 6.92 Å². The number of aromatic nitrogens is 4. The van der Waals surface area contributed by atoms with Crippen LogP contribution in [0.2, 0.25) is 0 Å². The number of benzene rings is 1. The Hall–Kier alpha value is -2.96. The van der Waals surface area contributed by atoms with Crippen molar-refractivity contribution in [3.8, 4) is 17.1 Å². The number of hydrogen-bond acceptors (Lipinski definition) is 5. The number of aryl methyl sites for hydroxylation is 2. The molecular formula is C20H24N4O3. The Labute approximate surface area is 157 Å². The van der Waals surface area contributed by atoms with Crippen molar-refractivity contribution in [1.29, 1.82) is 0 Å². The zero-order chi connectivity index (χ0) is 19.6. The third-order valence-corrected chi connectivity index (χ3v) is 4.35. The maximum atomic E-state index is 12.7. The summed E-state index contributed by atoms with van der Waals surface area (Å²) in [6, 6.07) is 5.29. The highest BCUT2D eigenvalue weighted by molar-refractivity contribution is 5.99. The molecule has 0 aliphatic heterocycles. The zero-order valence-corrected chi connectivity index (χ0v) is 16.1. The molecule has 3 aromatic rings. The van der Waals surface area contributed by atoms with Crippen molar-refractivity contribution >= 4 is 16.8 Å². The summed E-state index contributed by atoms with van der Waals surface area (Å²) in [5.41, 5.74) is 2.64. The number of aromatic amines is 1. The molecule has 0 bridgehead atoms. The van der Waals surface area contributed by atoms with Crippen LogP contribution in [0.3, 0.4) is 0 Å². The first-order valence-electron chi connectivity index (χ1n) is 9.20. The highest BCUT2D eigenvalue weighted by atomic mass is 16.5. The summed E-state index contributed by atoms with van der Waals surface area (Å²) >= 11 is 0. The van der Waals surface area contributed by atoms with Gasteiger partial charge in [0.1, 0.15) is 17.1 Å². The van der Waals surface area contributed by atoms with Gasteiger partial charge in [-0.2, -0.15) is 5.10 Å². The van der Waals surface area contributed by atoms with Gasteiger partial charge in [-0.15, -0.1) is 0 Å². The number of rotatable bonds is 7. The van der Waals surface area contributed by atoms with E-state index < -0.39 is 0 Å². The molecule has 0 saturated carbocycles. The smallest absolute Gasteiger partial charge is 0.277 e. The molecule has 0 amide bonds. The first kappa shape index (κ1) is 18.8. The highest BCUT2D eigenvalue weighted by Gasteiger charge is 2.20. The van der Waals surface area contributed by atoms with E-state index in [1.165, 1.54) is 6.92 Å². The second kappa shape index (κ2) is 7.73. The van der Waals surface area contributed by atoms with Crippen LogP contribution in [0.5, 0.6) is 5.75 Å². The molecule has 7 heteroatoms. The summed E-state index contributed by atoms with van der Waals surface area (Å²) in [5.74, 6) is 0.738. The van der Waals surface area contributed by atoms with Crippen LogP contribution < -0.4 is 10.3 Å². The molecule has 3 rings (SSSR count). The van der Waals surface area contributed by atoms with Gasteiger partial charge in [-0.3, -0.25) is 14.3 Å². The molecule has 0 aliphatic rings. The van der Waals surface area contributed by atoms with E-state index in [4.69, 9.17) is 4.74 Å². The minimum Gasteiger partial charge on any atom is -0.492 e. The summed E-state index contributed by atoms with van der Waals surface area (Å²) in [6.45, 7) is 6.02. The van der Waals surface area contributed by atoms with Crippen molar-refractivity contribution < 1.29 is 9.53 Å². The van der Waals surface area contributed by atoms with Crippen molar-refractivity contribution in [2.45, 2.75) is 40.0 Å². The molecule has 0 radical (unpaired) electrons. The van der Waals surface area contributed by atoms with Crippen LogP contribution >= 0.6 is 0 Å². The third-order valence-electron chi connectivity index (χ3n) is 4.35. The second-order valence-corrected chi connectivity index (χ2v) is 6.52. The molecule has 0 atom stereocenters. The SMILES string of the molecule is CCCOc1c(C(C)=O)cccc1-c1nc2c(CCC)nn(C)c2c(=O)[nH]1. The maximum absolute atomic E-state index is 12.7. The number of para-hydroxylation sites is 1. The summed E-state index contributed by atoms with van der Waals surface area (Å²) in [6.07, 6.45) is 2.44. The predicted octanol–water partition coefficient (Wildman–Crippen LogP) is 3.27. The van der Waals surface area contributed by atoms with Crippen molar-refractivity contribution in [2.75, 3.05) is 6.61 Å². The Bertz CT molecular complexity index is 1050. The average Bonchev–Trinajstić information content (AvgIpc) is 2.96. The minimum absolute atomic E-state index is 0.0978. The molecule has 2 aromatic heterocycles. The molecule has 7 nitrogen and oxygen atoms in total. The van der Waals surface area contributed by atoms with Gasteiger partial charge in [-0.25, -0.2) is 4.98 Å². The second-order valence-electron chi connectivity index (χ2n) is 6.52. The minimum atomic E-state index is -0.262. The molecule has 142 valence electrons. The summed E-state index contributed by atoms with van der Waals surface area (Å²) in [5, 5.41) is 4.44. The normalized spacial score (nSPS) is 11.1. The van der Waals surface area contributed by atoms with Gasteiger partial charge in [0, 0.05) is 7.05 Å². The number of fused-ring (bicyclic) bond motifs is 1. The van der Waals surface area contributed by atoms with Crippen LogP contribution in [0.15, 0.2) is 23.0 Å². The van der Waals surface area contributed by atoms with E-state index in [-0.39, 0.29) is 11.3 Å². The van der Waals surface area contributed by atoms with E-state index in [0.29, 0.717) is 40.3 Å². The number of nitrogens with zero attached hydrogens (tertiary/aromatic N) is 3. The lowest BCUT2D eigenvalue weighted by atomic mass is 10.0. The number of Topliss-reactive ketones (excluding diaryl/α,β-unsaturated/α-hetero) is 1. The topological polar surface area (TPSA) is 89.9 Å². The van der Waals surface area contributed by atoms with Crippen molar-refractivity contribution in [3.63, 3.8) is 0 Å². The van der Waals surface area contributed by atoms with E-state index in [0.717, 1.165) is 25.0 Å². The van der Waals surface area contributed by atoms with Crippen molar-refractivity contribution in [3.05, 3.63) is 39.8 Å². The standard InChI is InChI=1S/C20H24N4O3/c1-5-8-15-16-17(24(4)23-15)20(26)22-19(21-16)14-10-7-9-13(12(3)25)18(14)27-11-6-2/h7,9-10H,5-6,8,11H2,1-4H3,(H,21,22,26). The molecule has 27 heavy (non-hydrogen) atoms. The van der Waals surface area contributed by atoms with Gasteiger partial charge in [-0.05, 0) is 31.9 Å². The fourth-order valence-corrected chi connectivity index (χ4v) is 3.14. The van der Waals surface area contributed by atoms with Gasteiger partial charge < -0.3 is 9.72 Å². The quantitative estimate of drug-likeness (QED) is 0.647. The van der Waals surface area contributed by atoms with E-state index in [1.54, 1.807) is 29.9 Å². The molecule has 1 aromatic carbocycles. The lowest BCUT2D eigenvalue weighted by Gasteiger charge is -2.14. The molecule has 0 saturated heterocycles. The molecular weight excluding hydrogens is 344 g/mol. The molecule has 2 heterocycles. The number of ether oxygens (including phenoxy) is 1. The van der Waals surface area contributed by atoms with Crippen LogP contribution in [-0.2, 0) is 13.5 Å². The Kier molecular flexibility index (Phi) is 5.39. The van der Waals surface area contributed by atoms with Gasteiger partial charge in [0.05, 0.1) is 23.4 Å². The first-order chi connectivity index (χ1) is 13.0. The van der Waals surface area contributed by atoms with E-state index >= 15 is 0 Å². The molecule has 0 unspecified atom stereocenters. The van der Waals surface area contributed by atoms with E-state index in [2.05, 4.69) is 22.0 Å². The van der Waals surface area contributed by atoms with Gasteiger partial charge in [0.25, 0.3) is 5.56 Å². The Morgan fingerprint density at radius 3 is 2.70 bits per heavy atom. The lowest BCUT2D eigenvalue weighted by molar-refractivity contribution is 0.101. The van der Waals surface area contributed by atoms with Crippen LogP contribution in [0.1, 0.15) is 49.7 Å². The fourth-order valence-electron chi connectivity index (χ4n) is 3.14. The summed E-state index contributed by atoms with van der Waals surface area (Å²) in [4.78, 5) is 32.3. The van der Waals surface area contributed by atoms with Crippen molar-refractivity contribution in [2.24, 2.45) is 7.05 Å². The zero-order valence-electron chi connectivity index (χ0n) is 16.1. The largest absolute Gasteiger partial charge is 0.492 e. The summed E-state index contributed by atoms with van der Waals surface area (Å²) < 4.78 is 7.43. The first-order valence-corrected chi connectivity index (χ1v) is 9.20. The van der Waals surface area contributed by atoms with Crippen molar-refractivity contribution in [1.82, 2.24) is 19.7 Å². The number of H-pyrrole nitrogens is 1. The Balaban J connectivity index is 2.26. The lowest BCUT2D eigenvalue weighted by Crippen LogP contribution is -2.13. The molecule has 0 aliphatic carbocycles. The third kappa shape index (κ3) is 3.49. The summed E-state index contributed by atoms with van der Waals surface area (Å²) in [7, 11) is 1.74. The van der Waals surface area contributed by atoms with Crippen LogP contribution in [0.4, 0.5) is 0 Å². The van der Waals surface area contributed by atoms with Gasteiger partial charge in [0.15, 0.2) is 11.3 Å². The molecule has 1 N–H and O–H groups in total. The Morgan fingerprint density at radius 2 is 2.04 bits per heavy atom. The van der Waals surface area contributed by atoms with Gasteiger partial charge in [-0.1, -0.05) is 26.3 Å². The fraction of sp³-hybridized carbons (Fsp3) is 0.400. The van der Waals surface area contributed by atoms with Crippen LogP contribution in [-0.4, -0.2) is 32.1 Å². The van der Waals surface area contributed by atoms with Crippen LogP contribution in [0, 0.1) is 0 Å². The number of nitrogens with one attached hydrogen (secondary N) is 1. The number of carbonyl (C=O) groups excluding carboxylic acids is 1. The van der Waals surface area contributed by atoms with Gasteiger partial charge in [0.2, 0.25) is 0 Å². The monoisotopic (exact) mass is 368 g/mol. The maximum Gasteiger partial charge on any atom is 0.277 e. The number of carbonyl (C=O) groups is 1. The molecule has 0 spiro atoms. The Morgan fingerprint density at radius 1 is 1.26 bits per heavy atom. The predicted molar refractivity (Wildman–Crippen MR) is 104 cm³/mol. The average molecular weight is 368 g/mol. The van der Waals surface area contributed by atoms with Gasteiger partial charge >= 0.3 is 0 Å². The highest BCUT2D eigenvalue weighted by Crippen LogP contribution is 2.32. The number of hydrogen-bond donors (Lipinski definition) is 1.